The average molecular weight is 286 g/mol. The predicted molar refractivity (Wildman–Crippen MR) is 92.0 cm³/mol. The molecule has 1 aromatic carbocycles. The van der Waals surface area contributed by atoms with E-state index in [0.717, 1.165) is 22.2 Å². The number of nitrogens with one attached hydrogen (secondary N) is 1. The van der Waals surface area contributed by atoms with Crippen molar-refractivity contribution < 1.29 is 4.39 Å². The molecule has 0 spiro atoms. The fourth-order valence-corrected chi connectivity index (χ4v) is 1.54. The van der Waals surface area contributed by atoms with Gasteiger partial charge in [0, 0.05) is 5.39 Å². The van der Waals surface area contributed by atoms with Gasteiger partial charge in [-0.1, -0.05) is 69.5 Å². The fourth-order valence-electron chi connectivity index (χ4n) is 1.54. The van der Waals surface area contributed by atoms with Crippen LogP contribution in [0.4, 0.5) is 4.39 Å². The summed E-state index contributed by atoms with van der Waals surface area (Å²) in [6.45, 7) is 11.5. The number of aromatic nitrogens is 2. The summed E-state index contributed by atoms with van der Waals surface area (Å²) < 4.78 is 9.50. The van der Waals surface area contributed by atoms with E-state index in [2.05, 4.69) is 23.4 Å². The first-order valence-corrected chi connectivity index (χ1v) is 6.78. The molecule has 0 aliphatic heterocycles. The predicted octanol–water partition coefficient (Wildman–Crippen LogP) is 5.49. The summed E-state index contributed by atoms with van der Waals surface area (Å²) in [4.78, 5) is 0. The number of H-pyrrole nitrogens is 1. The molecule has 1 N–H and O–H groups in total. The first kappa shape index (κ1) is 18.6. The number of hydrogen-bond donors (Lipinski definition) is 1. The van der Waals surface area contributed by atoms with Crippen LogP contribution in [0.2, 0.25) is 0 Å². The maximum Gasteiger partial charge on any atom is 0.0927 e. The summed E-state index contributed by atoms with van der Waals surface area (Å²) >= 11 is 0. The number of aromatic amines is 1. The quantitative estimate of drug-likeness (QED) is 0.740. The van der Waals surface area contributed by atoms with Gasteiger partial charge in [-0.25, -0.2) is 0 Å². The van der Waals surface area contributed by atoms with Gasteiger partial charge in [0.2, 0.25) is 0 Å². The second kappa shape index (κ2) is 11.4. The molecule has 21 heavy (non-hydrogen) atoms. The van der Waals surface area contributed by atoms with Gasteiger partial charge in [0.15, 0.2) is 0 Å². The summed E-state index contributed by atoms with van der Waals surface area (Å²) in [5.74, 6) is 0. The summed E-state index contributed by atoms with van der Waals surface area (Å²) in [5.41, 5.74) is 2.88. The van der Waals surface area contributed by atoms with E-state index in [0.29, 0.717) is 7.18 Å². The molecule has 0 radical (unpaired) electrons. The van der Waals surface area contributed by atoms with Gasteiger partial charge in [0.25, 0.3) is 0 Å². The topological polar surface area (TPSA) is 28.7 Å². The lowest BCUT2D eigenvalue weighted by molar-refractivity contribution is 0.636. The molecule has 0 amide bonds. The largest absolute Gasteiger partial charge is 0.277 e. The van der Waals surface area contributed by atoms with Crippen LogP contribution in [0.15, 0.2) is 67.3 Å². The van der Waals surface area contributed by atoms with E-state index >= 15 is 0 Å². The van der Waals surface area contributed by atoms with Gasteiger partial charge >= 0.3 is 0 Å². The van der Waals surface area contributed by atoms with E-state index in [4.69, 9.17) is 0 Å². The minimum absolute atomic E-state index is 0.500. The molecule has 0 fully saturated rings. The number of allylic oxidation sites excluding steroid dienone is 5. The van der Waals surface area contributed by atoms with Crippen molar-refractivity contribution in [2.45, 2.75) is 13.8 Å². The zero-order valence-electron chi connectivity index (χ0n) is 12.9. The number of hydrogen-bond acceptors (Lipinski definition) is 1. The van der Waals surface area contributed by atoms with Gasteiger partial charge in [-0.15, -0.1) is 0 Å². The first-order chi connectivity index (χ1) is 10.3. The van der Waals surface area contributed by atoms with Gasteiger partial charge in [-0.05, 0) is 17.7 Å². The minimum Gasteiger partial charge on any atom is -0.277 e. The normalized spacial score (nSPS) is 9.90. The molecule has 3 heteroatoms. The number of benzene rings is 1. The number of alkyl halides is 1. The van der Waals surface area contributed by atoms with Crippen molar-refractivity contribution in [3.8, 4) is 0 Å². The number of para-hydroxylation sites is 1. The maximum absolute atomic E-state index is 9.50. The Morgan fingerprint density at radius 1 is 1.19 bits per heavy atom. The highest BCUT2D eigenvalue weighted by atomic mass is 19.1. The van der Waals surface area contributed by atoms with E-state index in [1.165, 1.54) is 0 Å². The highest BCUT2D eigenvalue weighted by Crippen LogP contribution is 2.16. The summed E-state index contributed by atoms with van der Waals surface area (Å²) in [6, 6.07) is 8.04. The monoisotopic (exact) mass is 286 g/mol. The molecule has 0 bridgehead atoms. The van der Waals surface area contributed by atoms with Gasteiger partial charge in [0.1, 0.15) is 0 Å². The Morgan fingerprint density at radius 2 is 1.86 bits per heavy atom. The van der Waals surface area contributed by atoms with Crippen LogP contribution in [0.3, 0.4) is 0 Å². The van der Waals surface area contributed by atoms with Crippen LogP contribution in [0, 0.1) is 0 Å². The third-order valence-electron chi connectivity index (χ3n) is 2.40. The second-order valence-corrected chi connectivity index (χ2v) is 3.66. The van der Waals surface area contributed by atoms with E-state index < -0.39 is 0 Å². The zero-order valence-corrected chi connectivity index (χ0v) is 12.9. The molecular weight excluding hydrogens is 263 g/mol. The van der Waals surface area contributed by atoms with Crippen molar-refractivity contribution in [1.82, 2.24) is 10.2 Å². The molecule has 0 saturated heterocycles. The van der Waals surface area contributed by atoms with Crippen LogP contribution < -0.4 is 0 Å². The molecule has 1 aromatic heterocycles. The van der Waals surface area contributed by atoms with Crippen LogP contribution in [-0.4, -0.2) is 17.4 Å². The molecule has 0 aliphatic carbocycles. The van der Waals surface area contributed by atoms with Crippen LogP contribution in [0.25, 0.3) is 17.0 Å². The van der Waals surface area contributed by atoms with Gasteiger partial charge in [-0.2, -0.15) is 5.10 Å². The summed E-state index contributed by atoms with van der Waals surface area (Å²) in [6.07, 6.45) is 9.37. The lowest BCUT2D eigenvalue weighted by Crippen LogP contribution is -1.73. The first-order valence-electron chi connectivity index (χ1n) is 6.78. The average Bonchev–Trinajstić information content (AvgIpc) is 2.98. The number of rotatable bonds is 4. The lowest BCUT2D eigenvalue weighted by atomic mass is 10.2. The van der Waals surface area contributed by atoms with Crippen molar-refractivity contribution in [1.29, 1.82) is 0 Å². The van der Waals surface area contributed by atoms with Crippen molar-refractivity contribution in [2.75, 3.05) is 7.18 Å². The smallest absolute Gasteiger partial charge is 0.0927 e. The molecule has 0 aliphatic rings. The molecular formula is C18H23FN2. The van der Waals surface area contributed by atoms with E-state index in [9.17, 15) is 4.39 Å². The Balaban J connectivity index is 0.000000921. The van der Waals surface area contributed by atoms with Gasteiger partial charge < -0.3 is 0 Å². The van der Waals surface area contributed by atoms with E-state index in [1.54, 1.807) is 6.08 Å². The van der Waals surface area contributed by atoms with Crippen LogP contribution in [-0.2, 0) is 0 Å². The van der Waals surface area contributed by atoms with Crippen LogP contribution >= 0.6 is 0 Å². The minimum atomic E-state index is 0.500. The fraction of sp³-hybridized carbons (Fsp3) is 0.167. The number of nitrogens with zero attached hydrogens (tertiary/aromatic N) is 1. The van der Waals surface area contributed by atoms with E-state index in [1.807, 2.05) is 62.4 Å². The molecule has 1 heterocycles. The molecule has 2 aromatic rings. The molecule has 2 nitrogen and oxygen atoms in total. The maximum atomic E-state index is 9.50. The molecule has 2 rings (SSSR count). The lowest BCUT2D eigenvalue weighted by Gasteiger charge is -1.90. The van der Waals surface area contributed by atoms with Crippen molar-refractivity contribution >= 4 is 17.0 Å². The van der Waals surface area contributed by atoms with Crippen molar-refractivity contribution in [2.24, 2.45) is 0 Å². The Labute approximate surface area is 126 Å². The van der Waals surface area contributed by atoms with Gasteiger partial charge in [-0.3, -0.25) is 9.49 Å². The number of halogens is 1. The Bertz CT molecular complexity index is 606. The molecule has 0 unspecified atom stereocenters. The van der Waals surface area contributed by atoms with Crippen LogP contribution in [0.1, 0.15) is 19.5 Å². The third-order valence-corrected chi connectivity index (χ3v) is 2.40. The highest BCUT2D eigenvalue weighted by molar-refractivity contribution is 5.86. The number of fused-ring (bicyclic) bond motifs is 1. The second-order valence-electron chi connectivity index (χ2n) is 3.66. The molecule has 112 valence electrons. The van der Waals surface area contributed by atoms with Crippen LogP contribution in [0.5, 0.6) is 0 Å². The van der Waals surface area contributed by atoms with E-state index in [-0.39, 0.29) is 0 Å². The summed E-state index contributed by atoms with van der Waals surface area (Å²) in [7, 11) is 0.500. The zero-order chi connectivity index (χ0) is 16.1. The van der Waals surface area contributed by atoms with Crippen molar-refractivity contribution in [3.63, 3.8) is 0 Å². The summed E-state index contributed by atoms with van der Waals surface area (Å²) in [5, 5.41) is 8.36. The Hall–Kier alpha value is -2.42. The van der Waals surface area contributed by atoms with Gasteiger partial charge in [0.05, 0.1) is 18.4 Å². The molecule has 0 saturated carbocycles. The highest BCUT2D eigenvalue weighted by Gasteiger charge is 1.99. The Morgan fingerprint density at radius 3 is 2.52 bits per heavy atom. The standard InChI is InChI=1S/C15H14N2.C2H6.CH3F/c1-3-4-7-12(2)10-11-15-13-8-5-6-9-14(13)16-17-15;2*1-2/h3-11H,1-2H2,(H,16,17);1-2H3;1H3/b7-4-,11-10+;;. The van der Waals surface area contributed by atoms with Crippen molar-refractivity contribution in [3.05, 3.63) is 73.0 Å². The SMILES string of the molecule is C=C/C=C\C(=C)/C=C/c1n[nH]c2ccccc12.CC.CF. The Kier molecular flexibility index (Phi) is 10.1. The third kappa shape index (κ3) is 6.04. The molecule has 0 atom stereocenters.